The first-order chi connectivity index (χ1) is 20.2. The Morgan fingerprint density at radius 3 is 2.23 bits per heavy atom. The molecular formula is C32H42N6O5. The van der Waals surface area contributed by atoms with Crippen LogP contribution in [0.2, 0.25) is 0 Å². The van der Waals surface area contributed by atoms with Gasteiger partial charge in [-0.2, -0.15) is 5.10 Å². The highest BCUT2D eigenvalue weighted by atomic mass is 16.6. The summed E-state index contributed by atoms with van der Waals surface area (Å²) in [5.41, 5.74) is 4.10. The van der Waals surface area contributed by atoms with Crippen molar-refractivity contribution in [3.8, 4) is 11.3 Å². The number of aliphatic hydroxyl groups is 1. The maximum absolute atomic E-state index is 12.9. The van der Waals surface area contributed by atoms with Gasteiger partial charge in [0.2, 0.25) is 0 Å². The zero-order valence-electron chi connectivity index (χ0n) is 25.9. The summed E-state index contributed by atoms with van der Waals surface area (Å²) in [6.07, 6.45) is 6.04. The topological polar surface area (TPSA) is 123 Å². The van der Waals surface area contributed by atoms with E-state index in [4.69, 9.17) is 24.5 Å². The van der Waals surface area contributed by atoms with Gasteiger partial charge in [-0.05, 0) is 91.3 Å². The van der Waals surface area contributed by atoms with E-state index in [0.717, 1.165) is 64.3 Å². The summed E-state index contributed by atoms with van der Waals surface area (Å²) in [6, 6.07) is 6.20. The van der Waals surface area contributed by atoms with E-state index < -0.39 is 23.4 Å². The Hall–Kier alpha value is -3.73. The first-order valence-corrected chi connectivity index (χ1v) is 15.2. The van der Waals surface area contributed by atoms with E-state index in [2.05, 4.69) is 11.1 Å². The quantitative estimate of drug-likeness (QED) is 0.386. The Bertz CT molecular complexity index is 1500. The van der Waals surface area contributed by atoms with E-state index in [0.29, 0.717) is 19.0 Å². The largest absolute Gasteiger partial charge is 0.443 e. The lowest BCUT2D eigenvalue weighted by atomic mass is 9.80. The minimum Gasteiger partial charge on any atom is -0.443 e. The van der Waals surface area contributed by atoms with Crippen LogP contribution in [0.25, 0.3) is 22.3 Å². The van der Waals surface area contributed by atoms with Gasteiger partial charge >= 0.3 is 12.2 Å². The summed E-state index contributed by atoms with van der Waals surface area (Å²) in [5.74, 6) is 0.536. The molecule has 3 fully saturated rings. The molecule has 0 unspecified atom stereocenters. The lowest BCUT2D eigenvalue weighted by Gasteiger charge is -2.38. The van der Waals surface area contributed by atoms with E-state index in [-0.39, 0.29) is 24.6 Å². The van der Waals surface area contributed by atoms with Crippen molar-refractivity contribution >= 4 is 28.9 Å². The average Bonchev–Trinajstić information content (AvgIpc) is 3.62. The predicted molar refractivity (Wildman–Crippen MR) is 162 cm³/mol. The second-order valence-corrected chi connectivity index (χ2v) is 14.2. The van der Waals surface area contributed by atoms with Crippen LogP contribution >= 0.6 is 0 Å². The maximum atomic E-state index is 12.9. The number of carbonyl (C=O) groups excluding carboxylic acids is 2. The Morgan fingerprint density at radius 1 is 1.00 bits per heavy atom. The molecule has 2 aliphatic carbocycles. The van der Waals surface area contributed by atoms with Crippen LogP contribution in [0.1, 0.15) is 84.9 Å². The first-order valence-electron chi connectivity index (χ1n) is 15.2. The molecule has 3 aliphatic rings. The molecule has 2 amide bonds. The van der Waals surface area contributed by atoms with Gasteiger partial charge in [0.05, 0.1) is 40.8 Å². The molecule has 1 aliphatic heterocycles. The van der Waals surface area contributed by atoms with E-state index in [9.17, 15) is 14.7 Å². The number of aliphatic hydroxyl groups excluding tert-OH is 1. The van der Waals surface area contributed by atoms with Gasteiger partial charge in [0, 0.05) is 43.0 Å². The van der Waals surface area contributed by atoms with Crippen LogP contribution in [0.3, 0.4) is 0 Å². The number of hydrogen-bond acceptors (Lipinski definition) is 9. The summed E-state index contributed by atoms with van der Waals surface area (Å²) in [6.45, 7) is 12.2. The number of rotatable bonds is 6. The molecular weight excluding hydrogens is 548 g/mol. The van der Waals surface area contributed by atoms with E-state index in [1.807, 2.05) is 29.1 Å². The van der Waals surface area contributed by atoms with Crippen LogP contribution in [-0.2, 0) is 9.47 Å². The third-order valence-corrected chi connectivity index (χ3v) is 8.01. The highest BCUT2D eigenvalue weighted by Crippen LogP contribution is 2.46. The van der Waals surface area contributed by atoms with Gasteiger partial charge in [-0.15, -0.1) is 0 Å². The molecule has 1 saturated heterocycles. The number of anilines is 1. The van der Waals surface area contributed by atoms with Gasteiger partial charge in [0.15, 0.2) is 0 Å². The van der Waals surface area contributed by atoms with E-state index in [1.165, 1.54) is 0 Å². The molecule has 2 saturated carbocycles. The fraction of sp³-hybridized carbons (Fsp3) is 0.594. The number of fused-ring (bicyclic) bond motifs is 1. The molecule has 2 aromatic heterocycles. The molecule has 6 rings (SSSR count). The number of amides is 2. The Morgan fingerprint density at radius 2 is 1.65 bits per heavy atom. The SMILES string of the molecule is CC(C)(C)OC(=O)N(CC1CC(n2cc(-c3cnc4ccc(N5CC(O)C5)cc4n3)c(C3CC3)n2)C1)C(=O)OC(C)(C)C. The molecule has 3 heterocycles. The first kappa shape index (κ1) is 29.3. The van der Waals surface area contributed by atoms with Crippen molar-refractivity contribution in [2.24, 2.45) is 5.92 Å². The van der Waals surface area contributed by atoms with Crippen molar-refractivity contribution in [1.29, 1.82) is 0 Å². The van der Waals surface area contributed by atoms with Crippen molar-refractivity contribution in [2.75, 3.05) is 24.5 Å². The minimum absolute atomic E-state index is 0.112. The van der Waals surface area contributed by atoms with Crippen LogP contribution in [0.5, 0.6) is 0 Å². The molecule has 0 bridgehead atoms. The fourth-order valence-corrected chi connectivity index (χ4v) is 5.62. The molecule has 3 aromatic rings. The second-order valence-electron chi connectivity index (χ2n) is 14.2. The number of hydrogen-bond donors (Lipinski definition) is 1. The Balaban J connectivity index is 1.18. The standard InChI is InChI=1S/C32H42N6O5/c1-31(2,3)42-29(40)37(30(41)43-32(4,5)6)15-19-11-22(12-19)38-18-24(28(35-38)20-7-8-20)27-14-33-25-10-9-21(13-26(25)34-27)36-16-23(39)17-36/h9-10,13-14,18-20,22-23,39H,7-8,11-12,15-17H2,1-6H3. The lowest BCUT2D eigenvalue weighted by Crippen LogP contribution is -2.50. The molecule has 11 heteroatoms. The molecule has 0 radical (unpaired) electrons. The molecule has 230 valence electrons. The smallest absolute Gasteiger partial charge is 0.419 e. The minimum atomic E-state index is -0.727. The van der Waals surface area contributed by atoms with Crippen molar-refractivity contribution in [3.05, 3.63) is 36.3 Å². The van der Waals surface area contributed by atoms with Gasteiger partial charge < -0.3 is 19.5 Å². The van der Waals surface area contributed by atoms with Gasteiger partial charge in [0.1, 0.15) is 11.2 Å². The Kier molecular flexibility index (Phi) is 7.35. The summed E-state index contributed by atoms with van der Waals surface area (Å²) >= 11 is 0. The van der Waals surface area contributed by atoms with Crippen molar-refractivity contribution < 1.29 is 24.2 Å². The maximum Gasteiger partial charge on any atom is 0.419 e. The molecule has 1 N–H and O–H groups in total. The van der Waals surface area contributed by atoms with Crippen LogP contribution < -0.4 is 4.90 Å². The van der Waals surface area contributed by atoms with Crippen molar-refractivity contribution in [2.45, 2.75) is 96.5 Å². The number of imide groups is 1. The van der Waals surface area contributed by atoms with Gasteiger partial charge in [-0.25, -0.2) is 19.5 Å². The van der Waals surface area contributed by atoms with E-state index in [1.54, 1.807) is 41.5 Å². The summed E-state index contributed by atoms with van der Waals surface area (Å²) in [4.78, 5) is 38.8. The average molecular weight is 591 g/mol. The number of ether oxygens (including phenoxy) is 2. The van der Waals surface area contributed by atoms with Crippen molar-refractivity contribution in [3.63, 3.8) is 0 Å². The number of β-amino-alcohol motifs (C(OH)–C–C–N with tert-alkyl or cyclic N) is 1. The molecule has 11 nitrogen and oxygen atoms in total. The molecule has 1 aromatic carbocycles. The van der Waals surface area contributed by atoms with Gasteiger partial charge in [-0.3, -0.25) is 9.67 Å². The van der Waals surface area contributed by atoms with E-state index >= 15 is 0 Å². The monoisotopic (exact) mass is 590 g/mol. The third kappa shape index (κ3) is 6.61. The predicted octanol–water partition coefficient (Wildman–Crippen LogP) is 5.67. The number of nitrogens with zero attached hydrogens (tertiary/aromatic N) is 6. The number of aromatic nitrogens is 4. The number of carbonyl (C=O) groups is 2. The van der Waals surface area contributed by atoms with Crippen molar-refractivity contribution in [1.82, 2.24) is 24.6 Å². The van der Waals surface area contributed by atoms with Gasteiger partial charge in [-0.1, -0.05) is 0 Å². The summed E-state index contributed by atoms with van der Waals surface area (Å²) < 4.78 is 13.1. The van der Waals surface area contributed by atoms with Crippen LogP contribution in [0, 0.1) is 5.92 Å². The molecule has 0 spiro atoms. The zero-order chi connectivity index (χ0) is 30.7. The lowest BCUT2D eigenvalue weighted by molar-refractivity contribution is -0.00642. The molecule has 43 heavy (non-hydrogen) atoms. The normalized spacial score (nSPS) is 20.9. The van der Waals surface area contributed by atoms with Crippen LogP contribution in [0.15, 0.2) is 30.6 Å². The fourth-order valence-electron chi connectivity index (χ4n) is 5.62. The van der Waals surface area contributed by atoms with Gasteiger partial charge in [0.25, 0.3) is 0 Å². The molecule has 0 atom stereocenters. The Labute approximate surface area is 252 Å². The third-order valence-electron chi connectivity index (χ3n) is 8.01. The highest BCUT2D eigenvalue weighted by Gasteiger charge is 2.40. The summed E-state index contributed by atoms with van der Waals surface area (Å²) in [7, 11) is 0. The highest BCUT2D eigenvalue weighted by molar-refractivity contribution is 5.88. The second kappa shape index (κ2) is 10.8. The number of benzene rings is 1. The van der Waals surface area contributed by atoms with Crippen LogP contribution in [-0.4, -0.2) is 78.9 Å². The summed E-state index contributed by atoms with van der Waals surface area (Å²) in [5, 5.41) is 14.7. The van der Waals surface area contributed by atoms with Crippen LogP contribution in [0.4, 0.5) is 15.3 Å². The zero-order valence-corrected chi connectivity index (χ0v) is 25.9.